The molecule has 0 unspecified atom stereocenters. The third-order valence-corrected chi connectivity index (χ3v) is 12.0. The van der Waals surface area contributed by atoms with Gasteiger partial charge in [-0.1, -0.05) is 73.7 Å². The minimum atomic E-state index is -0.385. The Balaban J connectivity index is 1.02. The van der Waals surface area contributed by atoms with Crippen molar-refractivity contribution < 1.29 is 38.0 Å². The summed E-state index contributed by atoms with van der Waals surface area (Å²) in [5.74, 6) is 1.63. The Labute approximate surface area is 376 Å². The molecule has 12 heteroatoms. The molecule has 1 fully saturated rings. The number of aromatic nitrogens is 1. The molecular weight excluding hydrogens is 815 g/mol. The van der Waals surface area contributed by atoms with Crippen molar-refractivity contribution in [2.45, 2.75) is 71.1 Å². The lowest BCUT2D eigenvalue weighted by Crippen LogP contribution is -2.27. The van der Waals surface area contributed by atoms with Crippen molar-refractivity contribution >= 4 is 44.8 Å². The number of fused-ring (bicyclic) bond motifs is 1. The van der Waals surface area contributed by atoms with Gasteiger partial charge in [-0.15, -0.1) is 0 Å². The van der Waals surface area contributed by atoms with E-state index in [1.165, 1.54) is 11.6 Å². The van der Waals surface area contributed by atoms with Gasteiger partial charge in [-0.05, 0) is 129 Å². The molecular formula is C51H61N3O8S. The number of unbranched alkanes of at least 4 members (excludes halogenated alkanes) is 3. The molecule has 0 aliphatic heterocycles. The third kappa shape index (κ3) is 15.0. The molecule has 5 aromatic rings. The number of nitrogens with zero attached hydrogens (tertiary/aromatic N) is 3. The van der Waals surface area contributed by atoms with Crippen molar-refractivity contribution in [3.05, 3.63) is 115 Å². The number of esters is 2. The van der Waals surface area contributed by atoms with E-state index in [9.17, 15) is 9.59 Å². The average molecular weight is 876 g/mol. The van der Waals surface area contributed by atoms with Gasteiger partial charge in [-0.25, -0.2) is 14.8 Å². The molecule has 63 heavy (non-hydrogen) atoms. The number of carbonyl (C=O) groups is 2. The summed E-state index contributed by atoms with van der Waals surface area (Å²) < 4.78 is 35.2. The number of para-hydroxylation sites is 1. The Morgan fingerprint density at radius 3 is 2.32 bits per heavy atom. The minimum absolute atomic E-state index is 0.146. The highest BCUT2D eigenvalue weighted by Gasteiger charge is 2.28. The summed E-state index contributed by atoms with van der Waals surface area (Å²) in [6.45, 7) is 9.18. The molecule has 0 amide bonds. The maximum absolute atomic E-state index is 13.1. The normalized spacial score (nSPS) is 15.0. The van der Waals surface area contributed by atoms with E-state index in [0.29, 0.717) is 57.9 Å². The number of ether oxygens (including phenoxy) is 6. The molecule has 1 aliphatic carbocycles. The molecule has 0 atom stereocenters. The lowest BCUT2D eigenvalue weighted by Gasteiger charge is -2.27. The molecule has 1 saturated carbocycles. The largest absolute Gasteiger partial charge is 0.494 e. The lowest BCUT2D eigenvalue weighted by atomic mass is 9.82. The van der Waals surface area contributed by atoms with E-state index in [2.05, 4.69) is 56.0 Å². The van der Waals surface area contributed by atoms with Crippen LogP contribution in [-0.2, 0) is 30.2 Å². The van der Waals surface area contributed by atoms with Crippen molar-refractivity contribution in [1.29, 1.82) is 0 Å². The highest BCUT2D eigenvalue weighted by atomic mass is 32.1. The van der Waals surface area contributed by atoms with E-state index in [4.69, 9.17) is 38.5 Å². The second-order valence-electron chi connectivity index (χ2n) is 15.7. The minimum Gasteiger partial charge on any atom is -0.494 e. The smallest absolute Gasteiger partial charge is 0.330 e. The first-order valence-electron chi connectivity index (χ1n) is 22.3. The van der Waals surface area contributed by atoms with E-state index in [-0.39, 0.29) is 17.9 Å². The van der Waals surface area contributed by atoms with Crippen molar-refractivity contribution in [1.82, 2.24) is 4.98 Å². The second-order valence-corrected chi connectivity index (χ2v) is 16.7. The molecule has 0 spiro atoms. The van der Waals surface area contributed by atoms with Crippen molar-refractivity contribution in [2.75, 3.05) is 58.3 Å². The van der Waals surface area contributed by atoms with Gasteiger partial charge in [0, 0.05) is 18.7 Å². The summed E-state index contributed by atoms with van der Waals surface area (Å²) in [5, 5.41) is 7.73. The van der Waals surface area contributed by atoms with Crippen LogP contribution in [0.25, 0.3) is 21.3 Å². The third-order valence-electron chi connectivity index (χ3n) is 11.0. The monoisotopic (exact) mass is 875 g/mol. The Morgan fingerprint density at radius 1 is 0.825 bits per heavy atom. The highest BCUT2D eigenvalue weighted by molar-refractivity contribution is 7.22. The van der Waals surface area contributed by atoms with Crippen LogP contribution in [0.3, 0.4) is 0 Å². The van der Waals surface area contributed by atoms with Gasteiger partial charge >= 0.3 is 11.9 Å². The van der Waals surface area contributed by atoms with Gasteiger partial charge in [0.2, 0.25) is 5.13 Å². The topological polar surface area (TPSA) is 118 Å². The fourth-order valence-electron chi connectivity index (χ4n) is 7.40. The van der Waals surface area contributed by atoms with Crippen LogP contribution in [0, 0.1) is 11.8 Å². The van der Waals surface area contributed by atoms with E-state index in [1.54, 1.807) is 30.6 Å². The van der Waals surface area contributed by atoms with Gasteiger partial charge in [0.1, 0.15) is 17.2 Å². The van der Waals surface area contributed by atoms with E-state index in [0.717, 1.165) is 108 Å². The lowest BCUT2D eigenvalue weighted by molar-refractivity contribution is -0.140. The van der Waals surface area contributed by atoms with Gasteiger partial charge < -0.3 is 28.4 Å². The van der Waals surface area contributed by atoms with Crippen molar-refractivity contribution in [3.8, 4) is 28.4 Å². The van der Waals surface area contributed by atoms with Crippen LogP contribution < -0.4 is 19.2 Å². The summed E-state index contributed by atoms with van der Waals surface area (Å²) in [7, 11) is 1.67. The van der Waals surface area contributed by atoms with Crippen LogP contribution in [0.15, 0.2) is 109 Å². The molecule has 0 radical (unpaired) electrons. The SMILES string of the molecule is C=CC(=O)OCCCCCCOc1ccc(OC(=O)C2CCC(COc3ccc(-c4ccc(CCC)cc4)c(/C=N/N(CCOCCOC)c4nc5ccccc5s4)c3)CC2)cc1. The van der Waals surface area contributed by atoms with Crippen LogP contribution in [0.2, 0.25) is 0 Å². The summed E-state index contributed by atoms with van der Waals surface area (Å²) in [6, 6.07) is 30.3. The molecule has 0 bridgehead atoms. The fourth-order valence-corrected chi connectivity index (χ4v) is 8.35. The first-order valence-corrected chi connectivity index (χ1v) is 23.1. The Hall–Kier alpha value is -5.56. The summed E-state index contributed by atoms with van der Waals surface area (Å²) >= 11 is 1.60. The Kier molecular flexibility index (Phi) is 19.0. The van der Waals surface area contributed by atoms with Gasteiger partial charge in [0.15, 0.2) is 0 Å². The summed E-state index contributed by atoms with van der Waals surface area (Å²) in [6.07, 6.45) is 12.1. The number of thiazole rings is 1. The zero-order chi connectivity index (χ0) is 44.1. The zero-order valence-corrected chi connectivity index (χ0v) is 37.5. The van der Waals surface area contributed by atoms with Crippen LogP contribution in [0.4, 0.5) is 5.13 Å². The fraction of sp³-hybridized carbons (Fsp3) is 0.412. The van der Waals surface area contributed by atoms with Crippen LogP contribution in [0.1, 0.15) is 75.8 Å². The molecule has 6 rings (SSSR count). The molecule has 11 nitrogen and oxygen atoms in total. The van der Waals surface area contributed by atoms with Crippen LogP contribution in [0.5, 0.6) is 17.2 Å². The maximum atomic E-state index is 13.1. The molecule has 0 N–H and O–H groups in total. The highest BCUT2D eigenvalue weighted by Crippen LogP contribution is 2.33. The summed E-state index contributed by atoms with van der Waals surface area (Å²) in [5.41, 5.74) is 5.36. The number of rotatable bonds is 26. The average Bonchev–Trinajstić information content (AvgIpc) is 3.75. The number of hydrogen-bond donors (Lipinski definition) is 0. The zero-order valence-electron chi connectivity index (χ0n) is 36.7. The quantitative estimate of drug-likeness (QED) is 0.0133. The van der Waals surface area contributed by atoms with E-state index >= 15 is 0 Å². The predicted octanol–water partition coefficient (Wildman–Crippen LogP) is 10.9. The molecule has 334 valence electrons. The van der Waals surface area contributed by atoms with E-state index < -0.39 is 0 Å². The van der Waals surface area contributed by atoms with Crippen LogP contribution in [-0.4, -0.2) is 76.4 Å². The summed E-state index contributed by atoms with van der Waals surface area (Å²) in [4.78, 5) is 29.1. The Bertz CT molecular complexity index is 2170. The second kappa shape index (κ2) is 25.5. The van der Waals surface area contributed by atoms with Gasteiger partial charge in [0.05, 0.1) is 68.5 Å². The number of carbonyl (C=O) groups excluding carboxylic acids is 2. The number of anilines is 1. The number of benzene rings is 4. The maximum Gasteiger partial charge on any atom is 0.330 e. The van der Waals surface area contributed by atoms with Crippen LogP contribution >= 0.6 is 11.3 Å². The molecule has 0 saturated heterocycles. The van der Waals surface area contributed by atoms with Crippen molar-refractivity contribution in [3.63, 3.8) is 0 Å². The van der Waals surface area contributed by atoms with Gasteiger partial charge in [-0.2, -0.15) is 5.10 Å². The standard InChI is InChI=1S/C51H61N3O8S/c1-4-12-38-15-19-40(20-16-38)46-28-27-45(35-42(46)36-52-54(29-32-58-34-33-57-3)51-53-47-13-8-9-14-48(47)63-51)61-37-39-17-21-41(22-18-39)50(56)62-44-25-23-43(24-26-44)59-30-10-6-7-11-31-60-49(55)5-2/h5,8-9,13-16,19-20,23-28,35-36,39,41H,2,4,6-7,10-12,17-18,21-22,29-34,37H2,1,3H3/b52-36+. The number of hydrazone groups is 1. The van der Waals surface area contributed by atoms with Gasteiger partial charge in [0.25, 0.3) is 0 Å². The van der Waals surface area contributed by atoms with Gasteiger partial charge in [-0.3, -0.25) is 4.79 Å². The molecule has 1 heterocycles. The first kappa shape index (κ1) is 46.9. The predicted molar refractivity (Wildman–Crippen MR) is 251 cm³/mol. The molecule has 4 aromatic carbocycles. The Morgan fingerprint density at radius 2 is 1.57 bits per heavy atom. The number of hydrogen-bond acceptors (Lipinski definition) is 12. The first-order chi connectivity index (χ1) is 30.9. The number of methoxy groups -OCH3 is 1. The molecule has 1 aromatic heterocycles. The van der Waals surface area contributed by atoms with Crippen molar-refractivity contribution in [2.24, 2.45) is 16.9 Å². The molecule has 1 aliphatic rings. The number of aryl methyl sites for hydroxylation is 1. The van der Waals surface area contributed by atoms with E-state index in [1.807, 2.05) is 47.6 Å².